The molecule has 0 unspecified atom stereocenters. The number of carbonyl (C=O) groups excluding carboxylic acids is 1. The van der Waals surface area contributed by atoms with Crippen molar-refractivity contribution in [2.24, 2.45) is 0 Å². The van der Waals surface area contributed by atoms with E-state index in [2.05, 4.69) is 15.4 Å². The third-order valence-corrected chi connectivity index (χ3v) is 2.30. The van der Waals surface area contributed by atoms with Crippen LogP contribution in [0.25, 0.3) is 5.65 Å². The summed E-state index contributed by atoms with van der Waals surface area (Å²) in [4.78, 5) is 15.9. The van der Waals surface area contributed by atoms with Crippen LogP contribution in [0.4, 0.5) is 5.69 Å². The van der Waals surface area contributed by atoms with Gasteiger partial charge in [-0.2, -0.15) is 5.10 Å². The van der Waals surface area contributed by atoms with E-state index >= 15 is 0 Å². The molecule has 0 bridgehead atoms. The van der Waals surface area contributed by atoms with E-state index in [1.165, 1.54) is 17.8 Å². The zero-order valence-electron chi connectivity index (χ0n) is 10.5. The van der Waals surface area contributed by atoms with Gasteiger partial charge in [0, 0.05) is 19.7 Å². The summed E-state index contributed by atoms with van der Waals surface area (Å²) in [5, 5.41) is 6.76. The molecule has 19 heavy (non-hydrogen) atoms. The maximum atomic E-state index is 11.8. The normalized spacial score (nSPS) is 10.8. The number of rotatable bonds is 6. The Hall–Kier alpha value is -2.19. The summed E-state index contributed by atoms with van der Waals surface area (Å²) in [6.45, 7) is 0.956. The molecule has 0 aliphatic carbocycles. The van der Waals surface area contributed by atoms with E-state index in [1.807, 2.05) is 0 Å². The zero-order chi connectivity index (χ0) is 13.7. The SMILES string of the molecule is COCOCCNC(=O)c1cc2ncc(N)cn2n1. The monoisotopic (exact) mass is 265 g/mol. The number of hydrogen-bond acceptors (Lipinski definition) is 6. The minimum absolute atomic E-state index is 0.202. The number of nitrogen functional groups attached to an aromatic ring is 1. The predicted molar refractivity (Wildman–Crippen MR) is 67.6 cm³/mol. The number of nitrogens with zero attached hydrogens (tertiary/aromatic N) is 3. The van der Waals surface area contributed by atoms with Crippen LogP contribution < -0.4 is 11.1 Å². The standard InChI is InChI=1S/C11H15N5O3/c1-18-7-19-3-2-13-11(17)9-4-10-14-5-8(12)6-16(10)15-9/h4-6H,2-3,7,12H2,1H3,(H,13,17). The first-order valence-electron chi connectivity index (χ1n) is 5.66. The van der Waals surface area contributed by atoms with Gasteiger partial charge >= 0.3 is 0 Å². The number of ether oxygens (including phenoxy) is 2. The maximum Gasteiger partial charge on any atom is 0.271 e. The molecule has 1 amide bonds. The van der Waals surface area contributed by atoms with Gasteiger partial charge in [-0.05, 0) is 0 Å². The van der Waals surface area contributed by atoms with Gasteiger partial charge in [-0.1, -0.05) is 0 Å². The summed E-state index contributed by atoms with van der Waals surface area (Å²) in [5.74, 6) is -0.287. The molecule has 0 atom stereocenters. The average molecular weight is 265 g/mol. The van der Waals surface area contributed by atoms with Crippen molar-refractivity contribution < 1.29 is 14.3 Å². The quantitative estimate of drug-likeness (QED) is 0.547. The highest BCUT2D eigenvalue weighted by Gasteiger charge is 2.10. The van der Waals surface area contributed by atoms with Crippen LogP contribution in [0, 0.1) is 0 Å². The summed E-state index contributed by atoms with van der Waals surface area (Å²) in [7, 11) is 1.54. The van der Waals surface area contributed by atoms with Crippen LogP contribution in [0.3, 0.4) is 0 Å². The van der Waals surface area contributed by atoms with Gasteiger partial charge in [-0.25, -0.2) is 9.50 Å². The van der Waals surface area contributed by atoms with Crippen molar-refractivity contribution in [3.63, 3.8) is 0 Å². The number of hydrogen-bond donors (Lipinski definition) is 2. The number of fused-ring (bicyclic) bond motifs is 1. The molecule has 0 aliphatic rings. The minimum atomic E-state index is -0.287. The van der Waals surface area contributed by atoms with E-state index in [-0.39, 0.29) is 18.4 Å². The fraction of sp³-hybridized carbons (Fsp3) is 0.364. The molecule has 8 nitrogen and oxygen atoms in total. The Balaban J connectivity index is 1.94. The molecule has 0 radical (unpaired) electrons. The van der Waals surface area contributed by atoms with E-state index in [4.69, 9.17) is 15.2 Å². The fourth-order valence-corrected chi connectivity index (χ4v) is 1.47. The lowest BCUT2D eigenvalue weighted by molar-refractivity contribution is -0.0286. The highest BCUT2D eigenvalue weighted by atomic mass is 16.7. The van der Waals surface area contributed by atoms with Crippen LogP contribution in [-0.4, -0.2) is 47.6 Å². The lowest BCUT2D eigenvalue weighted by Crippen LogP contribution is -2.27. The Morgan fingerprint density at radius 2 is 2.42 bits per heavy atom. The first-order chi connectivity index (χ1) is 9.20. The molecule has 2 heterocycles. The molecule has 2 aromatic rings. The van der Waals surface area contributed by atoms with Crippen LogP contribution in [0.2, 0.25) is 0 Å². The summed E-state index contributed by atoms with van der Waals surface area (Å²) in [6.07, 6.45) is 3.11. The molecular formula is C11H15N5O3. The molecule has 3 N–H and O–H groups in total. The Morgan fingerprint density at radius 1 is 1.58 bits per heavy atom. The molecule has 8 heteroatoms. The summed E-state index contributed by atoms with van der Waals surface area (Å²) < 4.78 is 11.2. The highest BCUT2D eigenvalue weighted by Crippen LogP contribution is 2.06. The van der Waals surface area contributed by atoms with Gasteiger partial charge in [-0.15, -0.1) is 0 Å². The first-order valence-corrected chi connectivity index (χ1v) is 5.66. The molecule has 0 spiro atoms. The molecule has 102 valence electrons. The third-order valence-electron chi connectivity index (χ3n) is 2.30. The van der Waals surface area contributed by atoms with E-state index in [0.29, 0.717) is 24.5 Å². The van der Waals surface area contributed by atoms with Gasteiger partial charge < -0.3 is 20.5 Å². The van der Waals surface area contributed by atoms with Crippen LogP contribution >= 0.6 is 0 Å². The summed E-state index contributed by atoms with van der Waals surface area (Å²) in [5.41, 5.74) is 6.91. The van der Waals surface area contributed by atoms with Crippen molar-refractivity contribution in [2.75, 3.05) is 32.8 Å². The second kappa shape index (κ2) is 6.12. The number of methoxy groups -OCH3 is 1. The van der Waals surface area contributed by atoms with Gasteiger partial charge in [0.05, 0.1) is 24.7 Å². The van der Waals surface area contributed by atoms with Crippen molar-refractivity contribution in [3.8, 4) is 0 Å². The molecular weight excluding hydrogens is 250 g/mol. The van der Waals surface area contributed by atoms with Crippen molar-refractivity contribution >= 4 is 17.2 Å². The van der Waals surface area contributed by atoms with Crippen LogP contribution in [0.5, 0.6) is 0 Å². The predicted octanol–water partition coefficient (Wildman–Crippen LogP) is -0.338. The van der Waals surface area contributed by atoms with Gasteiger partial charge in [-0.3, -0.25) is 4.79 Å². The fourth-order valence-electron chi connectivity index (χ4n) is 1.47. The number of nitrogens with one attached hydrogen (secondary N) is 1. The Labute approximate surface area is 109 Å². The second-order valence-electron chi connectivity index (χ2n) is 3.79. The summed E-state index contributed by atoms with van der Waals surface area (Å²) in [6, 6.07) is 1.59. The van der Waals surface area contributed by atoms with E-state index in [1.54, 1.807) is 12.3 Å². The highest BCUT2D eigenvalue weighted by molar-refractivity contribution is 5.93. The van der Waals surface area contributed by atoms with Crippen molar-refractivity contribution in [3.05, 3.63) is 24.2 Å². The van der Waals surface area contributed by atoms with Crippen LogP contribution in [0.1, 0.15) is 10.5 Å². The van der Waals surface area contributed by atoms with Gasteiger partial charge in [0.2, 0.25) is 0 Å². The van der Waals surface area contributed by atoms with Gasteiger partial charge in [0.1, 0.15) is 6.79 Å². The summed E-state index contributed by atoms with van der Waals surface area (Å²) >= 11 is 0. The smallest absolute Gasteiger partial charge is 0.271 e. The number of nitrogens with two attached hydrogens (primary N) is 1. The Bertz CT molecular complexity index is 568. The largest absolute Gasteiger partial charge is 0.396 e. The minimum Gasteiger partial charge on any atom is -0.396 e. The third kappa shape index (κ3) is 3.39. The Kier molecular flexibility index (Phi) is 4.26. The lowest BCUT2D eigenvalue weighted by atomic mass is 10.4. The van der Waals surface area contributed by atoms with Crippen molar-refractivity contribution in [1.29, 1.82) is 0 Å². The molecule has 2 rings (SSSR count). The van der Waals surface area contributed by atoms with Crippen molar-refractivity contribution in [1.82, 2.24) is 19.9 Å². The van der Waals surface area contributed by atoms with E-state index < -0.39 is 0 Å². The van der Waals surface area contributed by atoms with Crippen LogP contribution in [0.15, 0.2) is 18.5 Å². The molecule has 0 aliphatic heterocycles. The average Bonchev–Trinajstić information content (AvgIpc) is 2.81. The van der Waals surface area contributed by atoms with Gasteiger partial charge in [0.15, 0.2) is 11.3 Å². The zero-order valence-corrected chi connectivity index (χ0v) is 10.5. The van der Waals surface area contributed by atoms with E-state index in [0.717, 1.165) is 0 Å². The number of carbonyl (C=O) groups is 1. The number of anilines is 1. The Morgan fingerprint density at radius 3 is 3.21 bits per heavy atom. The van der Waals surface area contributed by atoms with Crippen molar-refractivity contribution in [2.45, 2.75) is 0 Å². The lowest BCUT2D eigenvalue weighted by Gasteiger charge is -2.03. The number of aromatic nitrogens is 3. The van der Waals surface area contributed by atoms with E-state index in [9.17, 15) is 4.79 Å². The molecule has 0 aromatic carbocycles. The molecule has 0 saturated heterocycles. The van der Waals surface area contributed by atoms with Crippen LogP contribution in [-0.2, 0) is 9.47 Å². The first kappa shape index (κ1) is 13.2. The maximum absolute atomic E-state index is 11.8. The number of amides is 1. The molecule has 0 saturated carbocycles. The van der Waals surface area contributed by atoms with Gasteiger partial charge in [0.25, 0.3) is 5.91 Å². The second-order valence-corrected chi connectivity index (χ2v) is 3.79. The molecule has 2 aromatic heterocycles. The topological polar surface area (TPSA) is 104 Å². The molecule has 0 fully saturated rings.